The molecule has 2 aliphatic carbocycles. The van der Waals surface area contributed by atoms with E-state index >= 15 is 0 Å². The predicted molar refractivity (Wildman–Crippen MR) is 89.7 cm³/mol. The van der Waals surface area contributed by atoms with Gasteiger partial charge < -0.3 is 0 Å². The Kier molecular flexibility index (Phi) is 3.84. The van der Waals surface area contributed by atoms with Crippen LogP contribution < -0.4 is 0 Å². The normalized spacial score (nSPS) is 35.9. The van der Waals surface area contributed by atoms with Crippen molar-refractivity contribution in [2.45, 2.75) is 32.4 Å². The molecule has 2 bridgehead atoms. The molecule has 0 aromatic carbocycles. The maximum atomic E-state index is 12.2. The molecule has 4 unspecified atom stereocenters. The minimum Gasteiger partial charge on any atom is -0.294 e. The van der Waals surface area contributed by atoms with E-state index in [0.717, 1.165) is 24.6 Å². The van der Waals surface area contributed by atoms with Gasteiger partial charge >= 0.3 is 0 Å². The molecule has 1 saturated carbocycles. The molecule has 4 atom stereocenters. The number of hydrogen-bond donors (Lipinski definition) is 0. The highest BCUT2D eigenvalue weighted by Crippen LogP contribution is 2.44. The van der Waals surface area contributed by atoms with Gasteiger partial charge in [-0.15, -0.1) is 0 Å². The molecule has 0 radical (unpaired) electrons. The quantitative estimate of drug-likeness (QED) is 0.789. The highest BCUT2D eigenvalue weighted by Gasteiger charge is 2.40. The van der Waals surface area contributed by atoms with E-state index in [9.17, 15) is 8.42 Å². The summed E-state index contributed by atoms with van der Waals surface area (Å²) in [5.74, 6) is 2.69. The first-order valence-electron chi connectivity index (χ1n) is 8.69. The van der Waals surface area contributed by atoms with E-state index in [1.54, 1.807) is 0 Å². The summed E-state index contributed by atoms with van der Waals surface area (Å²) >= 11 is 0. The van der Waals surface area contributed by atoms with E-state index in [1.165, 1.54) is 12.8 Å². The number of sulfone groups is 1. The minimum absolute atomic E-state index is 0.0304. The Balaban J connectivity index is 1.54. The first-order valence-corrected chi connectivity index (χ1v) is 10.5. The molecule has 23 heavy (non-hydrogen) atoms. The molecule has 1 aromatic heterocycles. The van der Waals surface area contributed by atoms with Crippen molar-refractivity contribution in [3.8, 4) is 0 Å². The Hall–Kier alpha value is -1.14. The zero-order valence-electron chi connectivity index (χ0n) is 13.6. The summed E-state index contributed by atoms with van der Waals surface area (Å²) in [7, 11) is -2.95. The molecule has 1 aromatic rings. The van der Waals surface area contributed by atoms with Gasteiger partial charge in [-0.05, 0) is 37.5 Å². The fourth-order valence-electron chi connectivity index (χ4n) is 4.50. The van der Waals surface area contributed by atoms with E-state index < -0.39 is 9.84 Å². The van der Waals surface area contributed by atoms with Gasteiger partial charge in [-0.2, -0.15) is 5.10 Å². The fourth-order valence-corrected chi connectivity index (χ4v) is 6.06. The third kappa shape index (κ3) is 2.98. The first kappa shape index (κ1) is 15.4. The number of fused-ring (bicyclic) bond motifs is 2. The third-order valence-electron chi connectivity index (χ3n) is 5.79. The standard InChI is InChI=1S/C17H25N3O2S/c1-2-20-11-16(9-18-20)17-12-23(21,22)6-5-19(17)10-15-8-13-3-4-14(15)7-13/h3-4,9,11,13-15,17H,2,5-8,10,12H2,1H3. The van der Waals surface area contributed by atoms with Crippen molar-refractivity contribution in [1.82, 2.24) is 14.7 Å². The lowest BCUT2D eigenvalue weighted by Gasteiger charge is -2.37. The van der Waals surface area contributed by atoms with E-state index in [-0.39, 0.29) is 11.8 Å². The molecule has 1 saturated heterocycles. The van der Waals surface area contributed by atoms with Gasteiger partial charge in [-0.1, -0.05) is 12.2 Å². The summed E-state index contributed by atoms with van der Waals surface area (Å²) in [5, 5.41) is 4.35. The average molecular weight is 335 g/mol. The van der Waals surface area contributed by atoms with Crippen molar-refractivity contribution in [3.05, 3.63) is 30.1 Å². The van der Waals surface area contributed by atoms with Gasteiger partial charge in [0, 0.05) is 31.4 Å². The zero-order chi connectivity index (χ0) is 16.0. The molecule has 126 valence electrons. The van der Waals surface area contributed by atoms with Crippen molar-refractivity contribution in [3.63, 3.8) is 0 Å². The molecular weight excluding hydrogens is 310 g/mol. The second kappa shape index (κ2) is 5.74. The molecule has 3 aliphatic rings. The molecule has 6 heteroatoms. The Morgan fingerprint density at radius 3 is 2.83 bits per heavy atom. The molecule has 2 heterocycles. The Morgan fingerprint density at radius 2 is 2.17 bits per heavy atom. The fraction of sp³-hybridized carbons (Fsp3) is 0.706. The van der Waals surface area contributed by atoms with Crippen LogP contribution in [0.25, 0.3) is 0 Å². The number of allylic oxidation sites excluding steroid dienone is 2. The molecule has 0 spiro atoms. The summed E-state index contributed by atoms with van der Waals surface area (Å²) < 4.78 is 26.2. The first-order chi connectivity index (χ1) is 11.0. The summed E-state index contributed by atoms with van der Waals surface area (Å²) in [4.78, 5) is 2.40. The van der Waals surface area contributed by atoms with Crippen molar-refractivity contribution in [2.24, 2.45) is 17.8 Å². The highest BCUT2D eigenvalue weighted by molar-refractivity contribution is 7.91. The molecule has 5 nitrogen and oxygen atoms in total. The van der Waals surface area contributed by atoms with Crippen LogP contribution in [0.3, 0.4) is 0 Å². The van der Waals surface area contributed by atoms with Crippen LogP contribution in [-0.2, 0) is 16.4 Å². The van der Waals surface area contributed by atoms with Crippen molar-refractivity contribution in [1.29, 1.82) is 0 Å². The van der Waals surface area contributed by atoms with Crippen LogP contribution in [-0.4, -0.2) is 47.7 Å². The summed E-state index contributed by atoms with van der Waals surface area (Å²) in [6.07, 6.45) is 11.2. The van der Waals surface area contributed by atoms with Gasteiger partial charge in [0.25, 0.3) is 0 Å². The smallest absolute Gasteiger partial charge is 0.153 e. The summed E-state index contributed by atoms with van der Waals surface area (Å²) in [6, 6.07) is -0.0304. The molecule has 0 N–H and O–H groups in total. The molecule has 1 aliphatic heterocycles. The van der Waals surface area contributed by atoms with Crippen LogP contribution >= 0.6 is 0 Å². The second-order valence-corrected chi connectivity index (χ2v) is 9.52. The monoisotopic (exact) mass is 335 g/mol. The minimum atomic E-state index is -2.95. The highest BCUT2D eigenvalue weighted by atomic mass is 32.2. The van der Waals surface area contributed by atoms with E-state index in [2.05, 4.69) is 22.2 Å². The lowest BCUT2D eigenvalue weighted by Crippen LogP contribution is -2.45. The zero-order valence-corrected chi connectivity index (χ0v) is 14.5. The van der Waals surface area contributed by atoms with Gasteiger partial charge in [-0.3, -0.25) is 9.58 Å². The topological polar surface area (TPSA) is 55.2 Å². The lowest BCUT2D eigenvalue weighted by atomic mass is 9.92. The molecule has 4 rings (SSSR count). The van der Waals surface area contributed by atoms with Crippen molar-refractivity contribution >= 4 is 9.84 Å². The number of aryl methyl sites for hydroxylation is 1. The molecular formula is C17H25N3O2S. The Labute approximate surface area is 138 Å². The second-order valence-electron chi connectivity index (χ2n) is 7.29. The maximum absolute atomic E-state index is 12.2. The summed E-state index contributed by atoms with van der Waals surface area (Å²) in [6.45, 7) is 4.54. The Morgan fingerprint density at radius 1 is 1.30 bits per heavy atom. The van der Waals surface area contributed by atoms with Gasteiger partial charge in [0.2, 0.25) is 0 Å². The number of hydrogen-bond acceptors (Lipinski definition) is 4. The summed E-state index contributed by atoms with van der Waals surface area (Å²) in [5.41, 5.74) is 1.05. The van der Waals surface area contributed by atoms with Gasteiger partial charge in [-0.25, -0.2) is 8.42 Å². The lowest BCUT2D eigenvalue weighted by molar-refractivity contribution is 0.170. The predicted octanol–water partition coefficient (Wildman–Crippen LogP) is 1.89. The third-order valence-corrected chi connectivity index (χ3v) is 7.42. The van der Waals surface area contributed by atoms with Crippen LogP contribution in [0.2, 0.25) is 0 Å². The van der Waals surface area contributed by atoms with E-state index in [4.69, 9.17) is 0 Å². The van der Waals surface area contributed by atoms with Crippen LogP contribution in [0.4, 0.5) is 0 Å². The molecule has 2 fully saturated rings. The van der Waals surface area contributed by atoms with Gasteiger partial charge in [0.05, 0.1) is 23.7 Å². The van der Waals surface area contributed by atoms with Crippen molar-refractivity contribution in [2.75, 3.05) is 24.6 Å². The number of nitrogens with zero attached hydrogens (tertiary/aromatic N) is 3. The van der Waals surface area contributed by atoms with Crippen LogP contribution in [0.15, 0.2) is 24.5 Å². The maximum Gasteiger partial charge on any atom is 0.153 e. The largest absolute Gasteiger partial charge is 0.294 e. The van der Waals surface area contributed by atoms with E-state index in [1.807, 2.05) is 24.0 Å². The van der Waals surface area contributed by atoms with Crippen LogP contribution in [0, 0.1) is 17.8 Å². The van der Waals surface area contributed by atoms with Crippen molar-refractivity contribution < 1.29 is 8.42 Å². The Bertz CT molecular complexity index is 709. The van der Waals surface area contributed by atoms with Gasteiger partial charge in [0.1, 0.15) is 0 Å². The van der Waals surface area contributed by atoms with Crippen LogP contribution in [0.5, 0.6) is 0 Å². The van der Waals surface area contributed by atoms with Crippen LogP contribution in [0.1, 0.15) is 31.4 Å². The van der Waals surface area contributed by atoms with Gasteiger partial charge in [0.15, 0.2) is 9.84 Å². The average Bonchev–Trinajstić information content (AvgIpc) is 3.24. The molecule has 0 amide bonds. The number of rotatable bonds is 4. The SMILES string of the molecule is CCn1cc(C2CS(=O)(=O)CCN2CC2CC3C=CC2C3)cn1. The number of aromatic nitrogens is 2. The van der Waals surface area contributed by atoms with E-state index in [0.29, 0.717) is 24.1 Å².